The van der Waals surface area contributed by atoms with Crippen LogP contribution in [0, 0.1) is 0 Å². The molecule has 0 radical (unpaired) electrons. The molecule has 1 atom stereocenters. The Hall–Kier alpha value is -2.34. The van der Waals surface area contributed by atoms with Gasteiger partial charge in [0.2, 0.25) is 5.91 Å². The van der Waals surface area contributed by atoms with E-state index in [1.807, 2.05) is 30.3 Å². The van der Waals surface area contributed by atoms with Gasteiger partial charge in [0.05, 0.1) is 11.1 Å². The van der Waals surface area contributed by atoms with Crippen LogP contribution >= 0.6 is 0 Å². The van der Waals surface area contributed by atoms with Crippen LogP contribution in [0.15, 0.2) is 54.6 Å². The number of nitrogens with one attached hydrogen (secondary N) is 1. The van der Waals surface area contributed by atoms with Crippen LogP contribution in [0.5, 0.6) is 0 Å². The molecule has 3 nitrogen and oxygen atoms in total. The fraction of sp³-hybridized carbons (Fsp3) is 0.350. The number of amides is 1. The van der Waals surface area contributed by atoms with Crippen LogP contribution < -0.4 is 11.1 Å². The van der Waals surface area contributed by atoms with Gasteiger partial charge in [0.1, 0.15) is 0 Å². The van der Waals surface area contributed by atoms with Gasteiger partial charge in [-0.3, -0.25) is 4.79 Å². The van der Waals surface area contributed by atoms with E-state index in [0.29, 0.717) is 18.4 Å². The van der Waals surface area contributed by atoms with Crippen LogP contribution in [0.2, 0.25) is 0 Å². The summed E-state index contributed by atoms with van der Waals surface area (Å²) in [6.45, 7) is 0. The van der Waals surface area contributed by atoms with Crippen molar-refractivity contribution in [1.29, 1.82) is 0 Å². The number of carbonyl (C=O) groups is 1. The fourth-order valence-corrected chi connectivity index (χ4v) is 3.35. The summed E-state index contributed by atoms with van der Waals surface area (Å²) in [4.78, 5) is 12.5. The normalized spacial score (nSPS) is 17.2. The molecule has 1 unspecified atom stereocenters. The lowest BCUT2D eigenvalue weighted by molar-refractivity contribution is -0.137. The lowest BCUT2D eigenvalue weighted by Gasteiger charge is -2.43. The second kappa shape index (κ2) is 7.11. The summed E-state index contributed by atoms with van der Waals surface area (Å²) >= 11 is 0. The molecule has 3 N–H and O–H groups in total. The Morgan fingerprint density at radius 2 is 1.81 bits per heavy atom. The number of alkyl halides is 3. The van der Waals surface area contributed by atoms with Gasteiger partial charge in [-0.05, 0) is 42.5 Å². The van der Waals surface area contributed by atoms with Crippen LogP contribution in [-0.2, 0) is 16.5 Å². The number of carbonyl (C=O) groups excluding carboxylic acids is 1. The predicted octanol–water partition coefficient (Wildman–Crippen LogP) is 4.29. The van der Waals surface area contributed by atoms with E-state index in [2.05, 4.69) is 5.32 Å². The molecule has 0 spiro atoms. The van der Waals surface area contributed by atoms with Crippen molar-refractivity contribution in [3.8, 4) is 0 Å². The van der Waals surface area contributed by atoms with E-state index in [1.165, 1.54) is 6.07 Å². The summed E-state index contributed by atoms with van der Waals surface area (Å²) in [7, 11) is 0. The largest absolute Gasteiger partial charge is 0.416 e. The highest BCUT2D eigenvalue weighted by Gasteiger charge is 2.41. The molecule has 1 saturated carbocycles. The molecule has 26 heavy (non-hydrogen) atoms. The lowest BCUT2D eigenvalue weighted by atomic mass is 9.71. The molecule has 0 saturated heterocycles. The van der Waals surface area contributed by atoms with Gasteiger partial charge in [0, 0.05) is 12.5 Å². The van der Waals surface area contributed by atoms with Crippen LogP contribution in [0.25, 0.3) is 0 Å². The van der Waals surface area contributed by atoms with E-state index in [9.17, 15) is 18.0 Å². The Morgan fingerprint density at radius 1 is 1.12 bits per heavy atom. The van der Waals surface area contributed by atoms with Crippen molar-refractivity contribution in [3.63, 3.8) is 0 Å². The van der Waals surface area contributed by atoms with E-state index < -0.39 is 23.3 Å². The van der Waals surface area contributed by atoms with Crippen LogP contribution in [0.4, 0.5) is 13.2 Å². The van der Waals surface area contributed by atoms with E-state index in [1.54, 1.807) is 6.07 Å². The first-order valence-corrected chi connectivity index (χ1v) is 8.59. The Morgan fingerprint density at radius 3 is 2.38 bits per heavy atom. The first-order valence-electron chi connectivity index (χ1n) is 8.59. The zero-order valence-corrected chi connectivity index (χ0v) is 14.2. The zero-order valence-electron chi connectivity index (χ0n) is 14.2. The lowest BCUT2D eigenvalue weighted by Crippen LogP contribution is -2.51. The van der Waals surface area contributed by atoms with Gasteiger partial charge < -0.3 is 11.1 Å². The molecule has 1 aliphatic rings. The maximum absolute atomic E-state index is 13.0. The molecule has 0 aliphatic heterocycles. The van der Waals surface area contributed by atoms with E-state index in [-0.39, 0.29) is 12.3 Å². The van der Waals surface area contributed by atoms with E-state index in [0.717, 1.165) is 24.1 Å². The molecular formula is C20H21F3N2O. The Kier molecular flexibility index (Phi) is 5.05. The van der Waals surface area contributed by atoms with Crippen molar-refractivity contribution >= 4 is 5.91 Å². The van der Waals surface area contributed by atoms with Crippen molar-refractivity contribution in [2.24, 2.45) is 5.73 Å². The number of hydrogen-bond acceptors (Lipinski definition) is 2. The third-order valence-electron chi connectivity index (χ3n) is 4.96. The number of halogens is 3. The summed E-state index contributed by atoms with van der Waals surface area (Å²) in [5.41, 5.74) is 6.01. The summed E-state index contributed by atoms with van der Waals surface area (Å²) < 4.78 is 39.0. The van der Waals surface area contributed by atoms with Crippen molar-refractivity contribution in [2.75, 3.05) is 0 Å². The van der Waals surface area contributed by atoms with Crippen LogP contribution in [0.3, 0.4) is 0 Å². The molecule has 0 heterocycles. The summed E-state index contributed by atoms with van der Waals surface area (Å²) in [6.07, 6.45) is -2.20. The first kappa shape index (κ1) is 18.5. The summed E-state index contributed by atoms with van der Waals surface area (Å²) in [5, 5.41) is 2.94. The number of nitrogens with two attached hydrogens (primary N) is 1. The topological polar surface area (TPSA) is 55.1 Å². The number of rotatable bonds is 5. The van der Waals surface area contributed by atoms with Gasteiger partial charge in [-0.1, -0.05) is 42.5 Å². The Bertz CT molecular complexity index is 770. The highest BCUT2D eigenvalue weighted by atomic mass is 19.4. The van der Waals surface area contributed by atoms with Crippen molar-refractivity contribution in [3.05, 3.63) is 71.3 Å². The minimum absolute atomic E-state index is 0.0880. The second-order valence-electron chi connectivity index (χ2n) is 6.78. The maximum Gasteiger partial charge on any atom is 0.416 e. The molecule has 1 aliphatic carbocycles. The third-order valence-corrected chi connectivity index (χ3v) is 4.96. The van der Waals surface area contributed by atoms with Gasteiger partial charge in [0.15, 0.2) is 0 Å². The molecule has 3 rings (SSSR count). The Balaban J connectivity index is 1.73. The highest BCUT2D eigenvalue weighted by molar-refractivity contribution is 5.78. The van der Waals surface area contributed by atoms with E-state index >= 15 is 0 Å². The molecule has 1 amide bonds. The van der Waals surface area contributed by atoms with Crippen LogP contribution in [-0.4, -0.2) is 5.91 Å². The van der Waals surface area contributed by atoms with Crippen molar-refractivity contribution < 1.29 is 18.0 Å². The minimum atomic E-state index is -4.40. The SMILES string of the molecule is NC(CC(=O)NC1(c2cccc(C(F)(F)F)c2)CCC1)c1ccccc1. The molecule has 0 bridgehead atoms. The minimum Gasteiger partial charge on any atom is -0.347 e. The average Bonchev–Trinajstić information content (AvgIpc) is 2.58. The Labute approximate surface area is 150 Å². The van der Waals surface area contributed by atoms with E-state index in [4.69, 9.17) is 5.73 Å². The fourth-order valence-electron chi connectivity index (χ4n) is 3.35. The third kappa shape index (κ3) is 3.90. The van der Waals surface area contributed by atoms with Gasteiger partial charge in [-0.15, -0.1) is 0 Å². The molecular weight excluding hydrogens is 341 g/mol. The highest BCUT2D eigenvalue weighted by Crippen LogP contribution is 2.43. The van der Waals surface area contributed by atoms with Gasteiger partial charge in [-0.25, -0.2) is 0 Å². The number of benzene rings is 2. The maximum atomic E-state index is 13.0. The molecule has 138 valence electrons. The monoisotopic (exact) mass is 362 g/mol. The number of hydrogen-bond donors (Lipinski definition) is 2. The van der Waals surface area contributed by atoms with Crippen molar-refractivity contribution in [1.82, 2.24) is 5.32 Å². The molecule has 2 aromatic rings. The van der Waals surface area contributed by atoms with Gasteiger partial charge in [0.25, 0.3) is 0 Å². The standard InChI is InChI=1S/C20H21F3N2O/c21-20(22,23)16-9-4-8-15(12-16)19(10-5-11-19)25-18(26)13-17(24)14-6-2-1-3-7-14/h1-4,6-9,12,17H,5,10-11,13,24H2,(H,25,26). The quantitative estimate of drug-likeness (QED) is 0.834. The molecule has 2 aromatic carbocycles. The molecule has 0 aromatic heterocycles. The second-order valence-corrected chi connectivity index (χ2v) is 6.78. The van der Waals surface area contributed by atoms with Crippen LogP contribution in [0.1, 0.15) is 48.4 Å². The predicted molar refractivity (Wildman–Crippen MR) is 93.1 cm³/mol. The molecule has 1 fully saturated rings. The molecule has 6 heteroatoms. The summed E-state index contributed by atoms with van der Waals surface area (Å²) in [5.74, 6) is -0.251. The zero-order chi connectivity index (χ0) is 18.8. The average molecular weight is 362 g/mol. The first-order chi connectivity index (χ1) is 12.3. The van der Waals surface area contributed by atoms with Crippen molar-refractivity contribution in [2.45, 2.75) is 43.4 Å². The van der Waals surface area contributed by atoms with Gasteiger partial charge in [-0.2, -0.15) is 13.2 Å². The smallest absolute Gasteiger partial charge is 0.347 e. The summed E-state index contributed by atoms with van der Waals surface area (Å²) in [6, 6.07) is 14.0. The van der Waals surface area contributed by atoms with Gasteiger partial charge >= 0.3 is 6.18 Å².